The van der Waals surface area contributed by atoms with E-state index < -0.39 is 0 Å². The van der Waals surface area contributed by atoms with E-state index in [-0.39, 0.29) is 11.5 Å². The number of phenolic OH excluding ortho intramolecular Hbond substituents is 1. The van der Waals surface area contributed by atoms with Gasteiger partial charge in [0.15, 0.2) is 11.5 Å². The molecular formula is C30H30O4. The summed E-state index contributed by atoms with van der Waals surface area (Å²) in [5.74, 6) is 3.10. The summed E-state index contributed by atoms with van der Waals surface area (Å²) in [5.41, 5.74) is 3.16. The van der Waals surface area contributed by atoms with Crippen molar-refractivity contribution >= 4 is 0 Å². The lowest BCUT2D eigenvalue weighted by Gasteiger charge is -2.20. The Labute approximate surface area is 201 Å². The van der Waals surface area contributed by atoms with E-state index in [1.807, 2.05) is 72.8 Å². The highest BCUT2D eigenvalue weighted by molar-refractivity contribution is 5.62. The Morgan fingerprint density at radius 2 is 0.882 bits per heavy atom. The fourth-order valence-electron chi connectivity index (χ4n) is 3.83. The van der Waals surface area contributed by atoms with E-state index in [2.05, 4.69) is 20.8 Å². The van der Waals surface area contributed by atoms with Gasteiger partial charge in [-0.3, -0.25) is 0 Å². The largest absolute Gasteiger partial charge is 0.504 e. The minimum absolute atomic E-state index is 0.0222. The van der Waals surface area contributed by atoms with Crippen LogP contribution in [0.25, 0.3) is 0 Å². The number of aromatic hydroxyl groups is 1. The van der Waals surface area contributed by atoms with Crippen LogP contribution in [-0.2, 0) is 19.3 Å². The maximum absolute atomic E-state index is 10.9. The summed E-state index contributed by atoms with van der Waals surface area (Å²) in [6, 6.07) is 26.8. The molecule has 0 unspecified atom stereocenters. The summed E-state index contributed by atoms with van der Waals surface area (Å²) in [6.07, 6.45) is 2.43. The van der Waals surface area contributed by atoms with Gasteiger partial charge in [-0.2, -0.15) is 0 Å². The molecule has 0 saturated heterocycles. The molecule has 0 heterocycles. The van der Waals surface area contributed by atoms with Gasteiger partial charge in [0, 0.05) is 0 Å². The maximum Gasteiger partial charge on any atom is 0.216 e. The molecule has 4 heteroatoms. The van der Waals surface area contributed by atoms with Gasteiger partial charge in [-0.25, -0.2) is 0 Å². The molecular weight excluding hydrogens is 424 g/mol. The van der Waals surface area contributed by atoms with Gasteiger partial charge in [0.1, 0.15) is 17.2 Å². The number of hydrogen-bond acceptors (Lipinski definition) is 4. The van der Waals surface area contributed by atoms with Crippen LogP contribution in [-0.4, -0.2) is 5.11 Å². The van der Waals surface area contributed by atoms with Gasteiger partial charge >= 0.3 is 0 Å². The van der Waals surface area contributed by atoms with E-state index >= 15 is 0 Å². The van der Waals surface area contributed by atoms with Gasteiger partial charge in [-0.15, -0.1) is 0 Å². The van der Waals surface area contributed by atoms with Gasteiger partial charge in [0.2, 0.25) is 11.5 Å². The molecule has 0 amide bonds. The summed E-state index contributed by atoms with van der Waals surface area (Å²) in [7, 11) is 0. The predicted molar refractivity (Wildman–Crippen MR) is 136 cm³/mol. The van der Waals surface area contributed by atoms with Gasteiger partial charge in [-0.1, -0.05) is 75.4 Å². The second kappa shape index (κ2) is 10.8. The molecule has 174 valence electrons. The monoisotopic (exact) mass is 454 g/mol. The second-order valence-electron chi connectivity index (χ2n) is 7.93. The van der Waals surface area contributed by atoms with Crippen molar-refractivity contribution in [3.05, 3.63) is 102 Å². The Morgan fingerprint density at radius 3 is 1.35 bits per heavy atom. The van der Waals surface area contributed by atoms with Crippen molar-refractivity contribution in [3.8, 4) is 40.2 Å². The minimum atomic E-state index is -0.0222. The molecule has 0 spiro atoms. The Kier molecular flexibility index (Phi) is 7.38. The van der Waals surface area contributed by atoms with Crippen LogP contribution in [0.2, 0.25) is 0 Å². The molecule has 0 bridgehead atoms. The summed E-state index contributed by atoms with van der Waals surface area (Å²) in [6.45, 7) is 6.23. The maximum atomic E-state index is 10.9. The predicted octanol–water partition coefficient (Wildman–Crippen LogP) is 8.46. The van der Waals surface area contributed by atoms with Crippen molar-refractivity contribution in [1.82, 2.24) is 0 Å². The van der Waals surface area contributed by atoms with Crippen molar-refractivity contribution in [3.63, 3.8) is 0 Å². The first-order valence-electron chi connectivity index (χ1n) is 11.8. The number of hydrogen-bond donors (Lipinski definition) is 1. The van der Waals surface area contributed by atoms with Gasteiger partial charge in [0.05, 0.1) is 0 Å². The fraction of sp³-hybridized carbons (Fsp3) is 0.200. The fourth-order valence-corrected chi connectivity index (χ4v) is 3.83. The average Bonchev–Trinajstić information content (AvgIpc) is 2.88. The van der Waals surface area contributed by atoms with Crippen molar-refractivity contribution in [2.24, 2.45) is 0 Å². The van der Waals surface area contributed by atoms with Crippen LogP contribution in [0.3, 0.4) is 0 Å². The Morgan fingerprint density at radius 1 is 0.471 bits per heavy atom. The topological polar surface area (TPSA) is 47.9 Å². The lowest BCUT2D eigenvalue weighted by atomic mass is 10.1. The molecule has 0 aromatic heterocycles. The molecule has 0 fully saturated rings. The number of aryl methyl sites for hydroxylation is 3. The zero-order chi connectivity index (χ0) is 23.9. The highest BCUT2D eigenvalue weighted by Gasteiger charge is 2.22. The SMILES string of the molecule is CCc1ccccc1Oc1ccc(O)c(Oc2ccccc2CC)c1Oc1ccccc1CC. The third-order valence-corrected chi connectivity index (χ3v) is 5.76. The summed E-state index contributed by atoms with van der Waals surface area (Å²) >= 11 is 0. The van der Waals surface area contributed by atoms with E-state index in [0.717, 1.165) is 41.7 Å². The van der Waals surface area contributed by atoms with Crippen LogP contribution < -0.4 is 14.2 Å². The number of ether oxygens (including phenoxy) is 3. The van der Waals surface area contributed by atoms with Gasteiger partial charge < -0.3 is 19.3 Å². The van der Waals surface area contributed by atoms with Crippen LogP contribution in [0.5, 0.6) is 40.2 Å². The van der Waals surface area contributed by atoms with Crippen molar-refractivity contribution in [1.29, 1.82) is 0 Å². The number of benzene rings is 4. The quantitative estimate of drug-likeness (QED) is 0.276. The van der Waals surface area contributed by atoms with Crippen molar-refractivity contribution in [2.45, 2.75) is 40.0 Å². The Bertz CT molecular complexity index is 1260. The number of phenols is 1. The molecule has 34 heavy (non-hydrogen) atoms. The van der Waals surface area contributed by atoms with E-state index in [1.54, 1.807) is 12.1 Å². The minimum Gasteiger partial charge on any atom is -0.504 e. The second-order valence-corrected chi connectivity index (χ2v) is 7.93. The van der Waals surface area contributed by atoms with Crippen molar-refractivity contribution in [2.75, 3.05) is 0 Å². The molecule has 0 radical (unpaired) electrons. The van der Waals surface area contributed by atoms with Crippen LogP contribution in [0.4, 0.5) is 0 Å². The first-order chi connectivity index (χ1) is 16.6. The van der Waals surface area contributed by atoms with Crippen LogP contribution in [0.15, 0.2) is 84.9 Å². The molecule has 4 aromatic carbocycles. The number of para-hydroxylation sites is 3. The lowest BCUT2D eigenvalue weighted by molar-refractivity contribution is 0.359. The average molecular weight is 455 g/mol. The first kappa shape index (κ1) is 23.2. The third kappa shape index (κ3) is 5.01. The lowest BCUT2D eigenvalue weighted by Crippen LogP contribution is -1.99. The van der Waals surface area contributed by atoms with E-state index in [4.69, 9.17) is 14.2 Å². The van der Waals surface area contributed by atoms with Gasteiger partial charge in [-0.05, 0) is 66.3 Å². The molecule has 0 aliphatic carbocycles. The third-order valence-electron chi connectivity index (χ3n) is 5.76. The van der Waals surface area contributed by atoms with Gasteiger partial charge in [0.25, 0.3) is 0 Å². The molecule has 0 aliphatic rings. The highest BCUT2D eigenvalue weighted by atomic mass is 16.5. The summed E-state index contributed by atoms with van der Waals surface area (Å²) in [5, 5.41) is 10.9. The van der Waals surface area contributed by atoms with Crippen LogP contribution in [0.1, 0.15) is 37.5 Å². The summed E-state index contributed by atoms with van der Waals surface area (Å²) < 4.78 is 19.1. The highest BCUT2D eigenvalue weighted by Crippen LogP contribution is 2.50. The van der Waals surface area contributed by atoms with Crippen molar-refractivity contribution < 1.29 is 19.3 Å². The zero-order valence-electron chi connectivity index (χ0n) is 19.9. The Hall–Kier alpha value is -3.92. The summed E-state index contributed by atoms with van der Waals surface area (Å²) in [4.78, 5) is 0. The van der Waals surface area contributed by atoms with E-state index in [1.165, 1.54) is 0 Å². The molecule has 4 rings (SSSR count). The molecule has 0 atom stereocenters. The Balaban J connectivity index is 1.85. The molecule has 4 nitrogen and oxygen atoms in total. The molecule has 0 saturated carbocycles. The van der Waals surface area contributed by atoms with Crippen LogP contribution >= 0.6 is 0 Å². The van der Waals surface area contributed by atoms with E-state index in [0.29, 0.717) is 23.0 Å². The standard InChI is InChI=1S/C30H30O4/c1-4-21-13-7-10-16-25(21)32-28-20-19-24(31)29(33-26-17-11-8-14-22(26)5-2)30(28)34-27-18-12-9-15-23(27)6-3/h7-20,31H,4-6H2,1-3H3. The normalized spacial score (nSPS) is 10.7. The number of rotatable bonds is 9. The molecule has 0 aliphatic heterocycles. The molecule has 4 aromatic rings. The first-order valence-corrected chi connectivity index (χ1v) is 11.8. The smallest absolute Gasteiger partial charge is 0.216 e. The van der Waals surface area contributed by atoms with Crippen LogP contribution in [0, 0.1) is 0 Å². The molecule has 1 N–H and O–H groups in total. The van der Waals surface area contributed by atoms with E-state index in [9.17, 15) is 5.11 Å². The zero-order valence-corrected chi connectivity index (χ0v) is 19.9.